The molecule has 0 aromatic rings. The van der Waals surface area contributed by atoms with Gasteiger partial charge in [0, 0.05) is 6.61 Å². The van der Waals surface area contributed by atoms with E-state index in [0.717, 1.165) is 6.42 Å². The molecule has 0 aliphatic rings. The zero-order chi connectivity index (χ0) is 10.3. The lowest BCUT2D eigenvalue weighted by Crippen LogP contribution is -2.20. The maximum atomic E-state index is 11.2. The van der Waals surface area contributed by atoms with E-state index in [4.69, 9.17) is 9.47 Å². The molecule has 2 unspecified atom stereocenters. The molecule has 2 atom stereocenters. The van der Waals surface area contributed by atoms with Gasteiger partial charge in [0.1, 0.15) is 0 Å². The predicted octanol–water partition coefficient (Wildman–Crippen LogP) is 2.00. The molecule has 0 aliphatic heterocycles. The molecule has 0 amide bonds. The van der Waals surface area contributed by atoms with Crippen molar-refractivity contribution >= 4 is 5.97 Å². The van der Waals surface area contributed by atoms with E-state index < -0.39 is 0 Å². The van der Waals surface area contributed by atoms with Crippen molar-refractivity contribution in [1.82, 2.24) is 0 Å². The van der Waals surface area contributed by atoms with Crippen LogP contribution in [0.3, 0.4) is 0 Å². The Labute approximate surface area is 80.4 Å². The molecular weight excluding hydrogens is 168 g/mol. The van der Waals surface area contributed by atoms with E-state index in [1.165, 1.54) is 0 Å². The van der Waals surface area contributed by atoms with Crippen LogP contribution in [0.15, 0.2) is 0 Å². The van der Waals surface area contributed by atoms with Crippen molar-refractivity contribution in [3.63, 3.8) is 0 Å². The fourth-order valence-electron chi connectivity index (χ4n) is 1.23. The van der Waals surface area contributed by atoms with Crippen LogP contribution in [-0.4, -0.2) is 25.3 Å². The van der Waals surface area contributed by atoms with Crippen LogP contribution >= 0.6 is 0 Å². The van der Waals surface area contributed by atoms with Gasteiger partial charge in [-0.25, -0.2) is 0 Å². The molecule has 3 heteroatoms. The van der Waals surface area contributed by atoms with Gasteiger partial charge in [0.05, 0.1) is 18.6 Å². The fraction of sp³-hybridized carbons (Fsp3) is 0.900. The number of esters is 1. The minimum atomic E-state index is -0.131. The summed E-state index contributed by atoms with van der Waals surface area (Å²) in [7, 11) is 0. The van der Waals surface area contributed by atoms with Gasteiger partial charge in [0.2, 0.25) is 0 Å². The molecule has 0 aromatic carbocycles. The van der Waals surface area contributed by atoms with Crippen LogP contribution in [0.4, 0.5) is 0 Å². The Morgan fingerprint density at radius 1 is 1.23 bits per heavy atom. The first-order chi connectivity index (χ1) is 6.11. The maximum Gasteiger partial charge on any atom is 0.308 e. The number of carbonyl (C=O) groups is 1. The minimum Gasteiger partial charge on any atom is -0.466 e. The third-order valence-corrected chi connectivity index (χ3v) is 1.83. The number of ether oxygens (including phenoxy) is 2. The van der Waals surface area contributed by atoms with Crippen molar-refractivity contribution in [1.29, 1.82) is 0 Å². The zero-order valence-electron chi connectivity index (χ0n) is 9.00. The molecule has 0 aromatic heterocycles. The molecule has 0 aliphatic carbocycles. The highest BCUT2D eigenvalue weighted by molar-refractivity contribution is 5.71. The third kappa shape index (κ3) is 5.64. The highest BCUT2D eigenvalue weighted by Gasteiger charge is 2.16. The van der Waals surface area contributed by atoms with Crippen molar-refractivity contribution in [2.24, 2.45) is 5.92 Å². The summed E-state index contributed by atoms with van der Waals surface area (Å²) in [6.07, 6.45) is 0.858. The van der Waals surface area contributed by atoms with Gasteiger partial charge in [-0.05, 0) is 27.2 Å². The van der Waals surface area contributed by atoms with Crippen molar-refractivity contribution in [3.8, 4) is 0 Å². The van der Waals surface area contributed by atoms with Gasteiger partial charge in [-0.2, -0.15) is 0 Å². The standard InChI is InChI=1S/C10H20O3/c1-5-12-9(4)7-8(3)10(11)13-6-2/h8-9H,5-7H2,1-4H3. The molecule has 0 bridgehead atoms. The van der Waals surface area contributed by atoms with Gasteiger partial charge in [-0.15, -0.1) is 0 Å². The van der Waals surface area contributed by atoms with E-state index in [1.54, 1.807) is 0 Å². The third-order valence-electron chi connectivity index (χ3n) is 1.83. The normalized spacial score (nSPS) is 15.1. The second-order valence-corrected chi connectivity index (χ2v) is 3.15. The lowest BCUT2D eigenvalue weighted by molar-refractivity contribution is -0.148. The summed E-state index contributed by atoms with van der Waals surface area (Å²) in [6.45, 7) is 8.75. The van der Waals surface area contributed by atoms with Crippen LogP contribution in [0.2, 0.25) is 0 Å². The Balaban J connectivity index is 3.71. The summed E-state index contributed by atoms with van der Waals surface area (Å²) < 4.78 is 10.2. The van der Waals surface area contributed by atoms with E-state index in [-0.39, 0.29) is 18.0 Å². The quantitative estimate of drug-likeness (QED) is 0.598. The smallest absolute Gasteiger partial charge is 0.308 e. The number of hydrogen-bond acceptors (Lipinski definition) is 3. The molecule has 3 nitrogen and oxygen atoms in total. The topological polar surface area (TPSA) is 35.5 Å². The highest BCUT2D eigenvalue weighted by atomic mass is 16.5. The first-order valence-corrected chi connectivity index (χ1v) is 4.90. The van der Waals surface area contributed by atoms with Gasteiger partial charge < -0.3 is 9.47 Å². The summed E-state index contributed by atoms with van der Waals surface area (Å²) in [6, 6.07) is 0. The molecular formula is C10H20O3. The molecule has 78 valence electrons. The zero-order valence-corrected chi connectivity index (χ0v) is 9.00. The monoisotopic (exact) mass is 188 g/mol. The fourth-order valence-corrected chi connectivity index (χ4v) is 1.23. The molecule has 0 heterocycles. The van der Waals surface area contributed by atoms with E-state index in [1.807, 2.05) is 27.7 Å². The van der Waals surface area contributed by atoms with Crippen LogP contribution in [0.1, 0.15) is 34.1 Å². The van der Waals surface area contributed by atoms with Crippen LogP contribution in [0.25, 0.3) is 0 Å². The average Bonchev–Trinajstić information content (AvgIpc) is 2.05. The van der Waals surface area contributed by atoms with E-state index in [9.17, 15) is 4.79 Å². The number of hydrogen-bond donors (Lipinski definition) is 0. The van der Waals surface area contributed by atoms with E-state index in [2.05, 4.69) is 0 Å². The maximum absolute atomic E-state index is 11.2. The highest BCUT2D eigenvalue weighted by Crippen LogP contribution is 2.10. The number of rotatable bonds is 6. The Morgan fingerprint density at radius 3 is 2.31 bits per heavy atom. The Kier molecular flexibility index (Phi) is 6.59. The van der Waals surface area contributed by atoms with Crippen LogP contribution in [-0.2, 0) is 14.3 Å². The lowest BCUT2D eigenvalue weighted by atomic mass is 10.1. The molecule has 0 spiro atoms. The van der Waals surface area contributed by atoms with Crippen LogP contribution in [0.5, 0.6) is 0 Å². The molecule has 13 heavy (non-hydrogen) atoms. The van der Waals surface area contributed by atoms with Crippen molar-refractivity contribution < 1.29 is 14.3 Å². The molecule has 0 radical (unpaired) electrons. The summed E-state index contributed by atoms with van der Waals surface area (Å²) in [5.41, 5.74) is 0. The van der Waals surface area contributed by atoms with Crippen LogP contribution in [0, 0.1) is 5.92 Å². The van der Waals surface area contributed by atoms with Crippen molar-refractivity contribution in [2.45, 2.75) is 40.2 Å². The second-order valence-electron chi connectivity index (χ2n) is 3.15. The largest absolute Gasteiger partial charge is 0.466 e. The Morgan fingerprint density at radius 2 is 1.85 bits per heavy atom. The summed E-state index contributed by atoms with van der Waals surface area (Å²) in [5.74, 6) is -0.199. The molecule has 0 rings (SSSR count). The van der Waals surface area contributed by atoms with Gasteiger partial charge in [0.25, 0.3) is 0 Å². The summed E-state index contributed by atoms with van der Waals surface area (Å²) in [5, 5.41) is 0. The van der Waals surface area contributed by atoms with Gasteiger partial charge in [-0.3, -0.25) is 4.79 Å². The molecule has 0 fully saturated rings. The van der Waals surface area contributed by atoms with Gasteiger partial charge >= 0.3 is 5.97 Å². The first-order valence-electron chi connectivity index (χ1n) is 4.90. The predicted molar refractivity (Wildman–Crippen MR) is 51.5 cm³/mol. The molecule has 0 saturated carbocycles. The lowest BCUT2D eigenvalue weighted by Gasteiger charge is -2.15. The Bertz CT molecular complexity index is 145. The second kappa shape index (κ2) is 6.89. The van der Waals surface area contributed by atoms with Gasteiger partial charge in [-0.1, -0.05) is 6.92 Å². The van der Waals surface area contributed by atoms with Crippen molar-refractivity contribution in [3.05, 3.63) is 0 Å². The summed E-state index contributed by atoms with van der Waals surface area (Å²) in [4.78, 5) is 11.2. The van der Waals surface area contributed by atoms with E-state index >= 15 is 0 Å². The van der Waals surface area contributed by atoms with Crippen molar-refractivity contribution in [2.75, 3.05) is 13.2 Å². The molecule has 0 N–H and O–H groups in total. The van der Waals surface area contributed by atoms with Gasteiger partial charge in [0.15, 0.2) is 0 Å². The molecule has 0 saturated heterocycles. The Hall–Kier alpha value is -0.570. The summed E-state index contributed by atoms with van der Waals surface area (Å²) >= 11 is 0. The average molecular weight is 188 g/mol. The first kappa shape index (κ1) is 12.4. The minimum absolute atomic E-state index is 0.0681. The SMILES string of the molecule is CCOC(=O)C(C)CC(C)OCC. The van der Waals surface area contributed by atoms with E-state index in [0.29, 0.717) is 13.2 Å². The number of carbonyl (C=O) groups excluding carboxylic acids is 1. The van der Waals surface area contributed by atoms with Crippen LogP contribution < -0.4 is 0 Å².